The van der Waals surface area contributed by atoms with Crippen molar-refractivity contribution >= 4 is 23.3 Å². The predicted octanol–water partition coefficient (Wildman–Crippen LogP) is 3.64. The Morgan fingerprint density at radius 2 is 2.24 bits per heavy atom. The molecule has 2 N–H and O–H groups in total. The fourth-order valence-corrected chi connectivity index (χ4v) is 2.55. The summed E-state index contributed by atoms with van der Waals surface area (Å²) in [5, 5.41) is 12.9. The Morgan fingerprint density at radius 3 is 2.82 bits per heavy atom. The molecule has 0 spiro atoms. The predicted molar refractivity (Wildman–Crippen MR) is 68.8 cm³/mol. The van der Waals surface area contributed by atoms with Crippen LogP contribution in [-0.4, -0.2) is 17.1 Å². The quantitative estimate of drug-likeness (QED) is 0.865. The van der Waals surface area contributed by atoms with Crippen LogP contribution in [0.2, 0.25) is 5.02 Å². The summed E-state index contributed by atoms with van der Waals surface area (Å²) < 4.78 is 0. The zero-order chi connectivity index (χ0) is 12.4. The molecule has 1 aromatic rings. The second-order valence-corrected chi connectivity index (χ2v) is 5.19. The average molecular weight is 254 g/mol. The van der Waals surface area contributed by atoms with Crippen LogP contribution in [0.5, 0.6) is 0 Å². The summed E-state index contributed by atoms with van der Waals surface area (Å²) in [6.45, 7) is 2.22. The van der Waals surface area contributed by atoms with Crippen LogP contribution in [0, 0.1) is 5.92 Å². The number of hydrogen-bond acceptors (Lipinski definition) is 2. The van der Waals surface area contributed by atoms with Crippen molar-refractivity contribution in [1.82, 2.24) is 0 Å². The number of hydrogen-bond donors (Lipinski definition) is 2. The summed E-state index contributed by atoms with van der Waals surface area (Å²) in [5.74, 6) is -0.228. The van der Waals surface area contributed by atoms with Crippen molar-refractivity contribution in [1.29, 1.82) is 0 Å². The van der Waals surface area contributed by atoms with Crippen molar-refractivity contribution in [3.05, 3.63) is 28.8 Å². The van der Waals surface area contributed by atoms with Crippen molar-refractivity contribution in [3.63, 3.8) is 0 Å². The molecule has 17 heavy (non-hydrogen) atoms. The zero-order valence-corrected chi connectivity index (χ0v) is 10.5. The molecule has 2 unspecified atom stereocenters. The molecular weight excluding hydrogens is 238 g/mol. The molecule has 0 aliphatic heterocycles. The number of benzene rings is 1. The van der Waals surface area contributed by atoms with Crippen LogP contribution in [0.15, 0.2) is 18.2 Å². The van der Waals surface area contributed by atoms with Crippen molar-refractivity contribution < 1.29 is 9.90 Å². The highest BCUT2D eigenvalue weighted by Crippen LogP contribution is 2.29. The number of nitrogens with one attached hydrogen (secondary N) is 1. The Kier molecular flexibility index (Phi) is 3.57. The number of carboxylic acid groups (broad SMARTS) is 1. The van der Waals surface area contributed by atoms with E-state index in [4.69, 9.17) is 16.7 Å². The first kappa shape index (κ1) is 12.2. The lowest BCUT2D eigenvalue weighted by molar-refractivity contribution is 0.0698. The molecule has 1 saturated carbocycles. The highest BCUT2D eigenvalue weighted by Gasteiger charge is 2.22. The first-order chi connectivity index (χ1) is 8.06. The highest BCUT2D eigenvalue weighted by atomic mass is 35.5. The zero-order valence-electron chi connectivity index (χ0n) is 9.74. The molecule has 0 radical (unpaired) electrons. The van der Waals surface area contributed by atoms with Crippen molar-refractivity contribution in [2.75, 3.05) is 5.32 Å². The van der Waals surface area contributed by atoms with E-state index in [2.05, 4.69) is 12.2 Å². The standard InChI is InChI=1S/C13H16ClNO2/c1-8-2-4-10(6-8)15-12-5-3-9(14)7-11(12)13(16)17/h3,5,7-8,10,15H,2,4,6H2,1H3,(H,16,17). The Labute approximate surface area is 106 Å². The van der Waals surface area contributed by atoms with Crippen molar-refractivity contribution in [2.45, 2.75) is 32.2 Å². The van der Waals surface area contributed by atoms with E-state index in [1.54, 1.807) is 12.1 Å². The van der Waals surface area contributed by atoms with Gasteiger partial charge < -0.3 is 10.4 Å². The largest absolute Gasteiger partial charge is 0.478 e. The fraction of sp³-hybridized carbons (Fsp3) is 0.462. The van der Waals surface area contributed by atoms with E-state index in [0.717, 1.165) is 12.8 Å². The molecule has 92 valence electrons. The van der Waals surface area contributed by atoms with Crippen molar-refractivity contribution in [3.8, 4) is 0 Å². The van der Waals surface area contributed by atoms with Gasteiger partial charge >= 0.3 is 5.97 Å². The smallest absolute Gasteiger partial charge is 0.337 e. The van der Waals surface area contributed by atoms with Crippen LogP contribution < -0.4 is 5.32 Å². The molecule has 3 nitrogen and oxygen atoms in total. The maximum Gasteiger partial charge on any atom is 0.337 e. The molecule has 2 atom stereocenters. The van der Waals surface area contributed by atoms with Gasteiger partial charge in [0.1, 0.15) is 0 Å². The summed E-state index contributed by atoms with van der Waals surface area (Å²) in [4.78, 5) is 11.1. The maximum atomic E-state index is 11.1. The van der Waals surface area contributed by atoms with Gasteiger partial charge in [-0.05, 0) is 43.4 Å². The van der Waals surface area contributed by atoms with Gasteiger partial charge in [0, 0.05) is 16.8 Å². The van der Waals surface area contributed by atoms with Crippen LogP contribution in [0.25, 0.3) is 0 Å². The van der Waals surface area contributed by atoms with E-state index in [0.29, 0.717) is 22.7 Å². The third kappa shape index (κ3) is 2.91. The number of carbonyl (C=O) groups is 1. The molecule has 1 aromatic carbocycles. The Hall–Kier alpha value is -1.22. The molecule has 0 bridgehead atoms. The molecule has 4 heteroatoms. The minimum absolute atomic E-state index is 0.247. The molecule has 1 aliphatic carbocycles. The summed E-state index contributed by atoms with van der Waals surface area (Å²) >= 11 is 5.81. The second kappa shape index (κ2) is 4.96. The highest BCUT2D eigenvalue weighted by molar-refractivity contribution is 6.31. The minimum Gasteiger partial charge on any atom is -0.478 e. The summed E-state index contributed by atoms with van der Waals surface area (Å²) in [6.07, 6.45) is 3.40. The maximum absolute atomic E-state index is 11.1. The second-order valence-electron chi connectivity index (χ2n) is 4.75. The van der Waals surface area contributed by atoms with E-state index in [9.17, 15) is 4.79 Å². The molecule has 0 heterocycles. The van der Waals surface area contributed by atoms with Crippen LogP contribution >= 0.6 is 11.6 Å². The van der Waals surface area contributed by atoms with Gasteiger partial charge in [-0.25, -0.2) is 4.79 Å². The number of anilines is 1. The monoisotopic (exact) mass is 253 g/mol. The van der Waals surface area contributed by atoms with Crippen molar-refractivity contribution in [2.24, 2.45) is 5.92 Å². The van der Waals surface area contributed by atoms with Gasteiger partial charge in [-0.2, -0.15) is 0 Å². The Balaban J connectivity index is 2.17. The van der Waals surface area contributed by atoms with Crippen LogP contribution in [0.3, 0.4) is 0 Å². The summed E-state index contributed by atoms with van der Waals surface area (Å²) in [5.41, 5.74) is 0.915. The first-order valence-corrected chi connectivity index (χ1v) is 6.23. The molecule has 0 amide bonds. The Bertz CT molecular complexity index is 433. The number of aromatic carboxylic acids is 1. The Morgan fingerprint density at radius 1 is 1.47 bits per heavy atom. The lowest BCUT2D eigenvalue weighted by atomic mass is 10.1. The third-order valence-corrected chi connectivity index (χ3v) is 3.50. The minimum atomic E-state index is -0.943. The molecule has 1 fully saturated rings. The molecule has 0 saturated heterocycles. The molecule has 0 aromatic heterocycles. The normalized spacial score (nSPS) is 23.6. The summed E-state index contributed by atoms with van der Waals surface area (Å²) in [7, 11) is 0. The van der Waals surface area contributed by atoms with E-state index in [1.807, 2.05) is 0 Å². The van der Waals surface area contributed by atoms with E-state index >= 15 is 0 Å². The molecule has 1 aliphatic rings. The third-order valence-electron chi connectivity index (χ3n) is 3.27. The topological polar surface area (TPSA) is 49.3 Å². The van der Waals surface area contributed by atoms with Crippen LogP contribution in [0.4, 0.5) is 5.69 Å². The van der Waals surface area contributed by atoms with Gasteiger partial charge in [0.2, 0.25) is 0 Å². The molecular formula is C13H16ClNO2. The van der Waals surface area contributed by atoms with Crippen LogP contribution in [0.1, 0.15) is 36.5 Å². The van der Waals surface area contributed by atoms with E-state index in [-0.39, 0.29) is 5.56 Å². The van der Waals surface area contributed by atoms with E-state index < -0.39 is 5.97 Å². The average Bonchev–Trinajstić information content (AvgIpc) is 2.66. The summed E-state index contributed by atoms with van der Waals surface area (Å²) in [6, 6.07) is 5.33. The van der Waals surface area contributed by atoms with Gasteiger partial charge in [0.15, 0.2) is 0 Å². The van der Waals surface area contributed by atoms with Gasteiger partial charge in [-0.1, -0.05) is 18.5 Å². The van der Waals surface area contributed by atoms with E-state index in [1.165, 1.54) is 12.5 Å². The first-order valence-electron chi connectivity index (χ1n) is 5.85. The van der Waals surface area contributed by atoms with Gasteiger partial charge in [-0.3, -0.25) is 0 Å². The van der Waals surface area contributed by atoms with Gasteiger partial charge in [-0.15, -0.1) is 0 Å². The SMILES string of the molecule is CC1CCC(Nc2ccc(Cl)cc2C(=O)O)C1. The fourth-order valence-electron chi connectivity index (χ4n) is 2.38. The number of rotatable bonds is 3. The number of carboxylic acids is 1. The lowest BCUT2D eigenvalue weighted by Crippen LogP contribution is -2.17. The molecule has 2 rings (SSSR count). The number of halogens is 1. The van der Waals surface area contributed by atoms with Gasteiger partial charge in [0.25, 0.3) is 0 Å². The lowest BCUT2D eigenvalue weighted by Gasteiger charge is -2.16. The van der Waals surface area contributed by atoms with Gasteiger partial charge in [0.05, 0.1) is 5.56 Å². The van der Waals surface area contributed by atoms with Crippen LogP contribution in [-0.2, 0) is 0 Å².